The largest absolute Gasteiger partial charge is 0.497 e. The maximum absolute atomic E-state index is 9.68. The number of fused-ring (bicyclic) bond motifs is 1. The van der Waals surface area contributed by atoms with Crippen LogP contribution in [0, 0.1) is 0 Å². The molecule has 4 heteroatoms. The average Bonchev–Trinajstić information content (AvgIpc) is 2.81. The van der Waals surface area contributed by atoms with Gasteiger partial charge < -0.3 is 9.84 Å². The molecule has 3 rings (SSSR count). The van der Waals surface area contributed by atoms with E-state index in [1.807, 2.05) is 12.1 Å². The van der Waals surface area contributed by atoms with Crippen molar-refractivity contribution in [2.75, 3.05) is 7.11 Å². The minimum absolute atomic E-state index is 0.179. The zero-order valence-electron chi connectivity index (χ0n) is 10.9. The molecule has 0 saturated heterocycles. The normalized spacial score (nSPS) is 18.1. The molecule has 100 valence electrons. The summed E-state index contributed by atoms with van der Waals surface area (Å²) >= 11 is 1.74. The molecule has 0 fully saturated rings. The van der Waals surface area contributed by atoms with E-state index in [9.17, 15) is 5.11 Å². The molecule has 1 aliphatic carbocycles. The lowest BCUT2D eigenvalue weighted by atomic mass is 10.0. The maximum Gasteiger partial charge on any atom is 0.118 e. The number of aryl methyl sites for hydroxylation is 1. The van der Waals surface area contributed by atoms with Crippen LogP contribution in [0.15, 0.2) is 24.3 Å². The molecule has 1 aromatic carbocycles. The van der Waals surface area contributed by atoms with Gasteiger partial charge in [-0.15, -0.1) is 11.3 Å². The topological polar surface area (TPSA) is 42.4 Å². The summed E-state index contributed by atoms with van der Waals surface area (Å²) in [5, 5.41) is 10.8. The molecule has 1 aromatic heterocycles. The number of methoxy groups -OCH3 is 1. The fourth-order valence-electron chi connectivity index (χ4n) is 2.40. The molecule has 0 amide bonds. The van der Waals surface area contributed by atoms with E-state index >= 15 is 0 Å². The number of ether oxygens (including phenoxy) is 1. The van der Waals surface area contributed by atoms with Crippen LogP contribution in [0.3, 0.4) is 0 Å². The zero-order chi connectivity index (χ0) is 13.2. The summed E-state index contributed by atoms with van der Waals surface area (Å²) in [6, 6.07) is 8.11. The minimum atomic E-state index is -0.179. The van der Waals surface area contributed by atoms with Crippen LogP contribution in [0.2, 0.25) is 0 Å². The Bertz CT molecular complexity index is 562. The first-order chi connectivity index (χ1) is 9.24. The summed E-state index contributed by atoms with van der Waals surface area (Å²) in [5.41, 5.74) is 2.44. The van der Waals surface area contributed by atoms with Crippen molar-refractivity contribution in [2.45, 2.75) is 31.8 Å². The van der Waals surface area contributed by atoms with Gasteiger partial charge in [-0.2, -0.15) is 0 Å². The Hall–Kier alpha value is -1.39. The van der Waals surface area contributed by atoms with Crippen LogP contribution in [-0.2, 0) is 19.3 Å². The predicted molar refractivity (Wildman–Crippen MR) is 75.9 cm³/mol. The summed E-state index contributed by atoms with van der Waals surface area (Å²) in [7, 11) is 1.68. The molecule has 1 heterocycles. The second kappa shape index (κ2) is 5.31. The van der Waals surface area contributed by atoms with E-state index in [2.05, 4.69) is 12.1 Å². The zero-order valence-corrected chi connectivity index (χ0v) is 11.7. The van der Waals surface area contributed by atoms with Crippen LogP contribution >= 0.6 is 11.3 Å². The maximum atomic E-state index is 9.68. The second-order valence-corrected chi connectivity index (χ2v) is 6.07. The Labute approximate surface area is 116 Å². The molecule has 19 heavy (non-hydrogen) atoms. The molecule has 3 nitrogen and oxygen atoms in total. The summed E-state index contributed by atoms with van der Waals surface area (Å²) < 4.78 is 5.16. The highest BCUT2D eigenvalue weighted by molar-refractivity contribution is 7.11. The fraction of sp³-hybridized carbons (Fsp3) is 0.400. The molecule has 0 radical (unpaired) electrons. The summed E-state index contributed by atoms with van der Waals surface area (Å²) in [5.74, 6) is 0.880. The van der Waals surface area contributed by atoms with Gasteiger partial charge in [-0.1, -0.05) is 12.1 Å². The number of rotatable bonds is 3. The second-order valence-electron chi connectivity index (χ2n) is 4.90. The monoisotopic (exact) mass is 275 g/mol. The Morgan fingerprint density at radius 3 is 2.89 bits per heavy atom. The van der Waals surface area contributed by atoms with Crippen LogP contribution in [-0.4, -0.2) is 23.3 Å². The van der Waals surface area contributed by atoms with Crippen molar-refractivity contribution in [3.8, 4) is 5.75 Å². The molecule has 1 aliphatic rings. The van der Waals surface area contributed by atoms with Crippen LogP contribution in [0.1, 0.15) is 27.6 Å². The van der Waals surface area contributed by atoms with Crippen LogP contribution in [0.5, 0.6) is 5.75 Å². The quantitative estimate of drug-likeness (QED) is 0.936. The van der Waals surface area contributed by atoms with Gasteiger partial charge in [0.25, 0.3) is 0 Å². The van der Waals surface area contributed by atoms with Gasteiger partial charge in [-0.3, -0.25) is 0 Å². The first-order valence-corrected chi connectivity index (χ1v) is 7.34. The number of hydrogen-bond donors (Lipinski definition) is 1. The van der Waals surface area contributed by atoms with E-state index < -0.39 is 0 Å². The van der Waals surface area contributed by atoms with Crippen molar-refractivity contribution in [3.63, 3.8) is 0 Å². The molecule has 1 atom stereocenters. The van der Waals surface area contributed by atoms with Crippen LogP contribution < -0.4 is 4.74 Å². The molecular formula is C15H17NO2S. The van der Waals surface area contributed by atoms with Crippen molar-refractivity contribution in [3.05, 3.63) is 45.4 Å². The highest BCUT2D eigenvalue weighted by atomic mass is 32.1. The first-order valence-electron chi connectivity index (χ1n) is 6.53. The lowest BCUT2D eigenvalue weighted by molar-refractivity contribution is 0.159. The Morgan fingerprint density at radius 2 is 2.16 bits per heavy atom. The van der Waals surface area contributed by atoms with Crippen molar-refractivity contribution in [2.24, 2.45) is 0 Å². The lowest BCUT2D eigenvalue weighted by Gasteiger charge is -2.14. The van der Waals surface area contributed by atoms with Crippen molar-refractivity contribution < 1.29 is 9.84 Å². The molecule has 1 N–H and O–H groups in total. The van der Waals surface area contributed by atoms with E-state index in [1.54, 1.807) is 18.4 Å². The molecule has 2 aromatic rings. The van der Waals surface area contributed by atoms with Gasteiger partial charge in [-0.05, 0) is 30.5 Å². The number of aromatic nitrogens is 1. The first kappa shape index (κ1) is 12.6. The molecule has 0 spiro atoms. The highest BCUT2D eigenvalue weighted by Gasteiger charge is 2.20. The fourth-order valence-corrected chi connectivity index (χ4v) is 3.62. The van der Waals surface area contributed by atoms with Crippen LogP contribution in [0.25, 0.3) is 0 Å². The van der Waals surface area contributed by atoms with Crippen molar-refractivity contribution in [1.29, 1.82) is 0 Å². The molecule has 0 aliphatic heterocycles. The standard InChI is InChI=1S/C15H17NO2S/c1-18-12-5-2-10(3-6-12)8-15-16-13-7-4-11(17)9-14(13)19-15/h2-3,5-6,11,17H,4,7-9H2,1H3. The van der Waals surface area contributed by atoms with Gasteiger partial charge in [0.2, 0.25) is 0 Å². The third-order valence-electron chi connectivity index (χ3n) is 3.47. The lowest BCUT2D eigenvalue weighted by Crippen LogP contribution is -2.17. The number of aliphatic hydroxyl groups excluding tert-OH is 1. The van der Waals surface area contributed by atoms with Gasteiger partial charge in [0.05, 0.1) is 23.9 Å². The van der Waals surface area contributed by atoms with E-state index in [4.69, 9.17) is 9.72 Å². The summed E-state index contributed by atoms with van der Waals surface area (Å²) in [6.45, 7) is 0. The van der Waals surface area contributed by atoms with Crippen molar-refractivity contribution >= 4 is 11.3 Å². The number of thiazole rings is 1. The number of aliphatic hydroxyl groups is 1. The SMILES string of the molecule is COc1ccc(Cc2nc3c(s2)CC(O)CC3)cc1. The van der Waals surface area contributed by atoms with Gasteiger partial charge >= 0.3 is 0 Å². The van der Waals surface area contributed by atoms with Gasteiger partial charge in [0.1, 0.15) is 5.75 Å². The van der Waals surface area contributed by atoms with Gasteiger partial charge in [0.15, 0.2) is 0 Å². The number of hydrogen-bond acceptors (Lipinski definition) is 4. The third kappa shape index (κ3) is 2.80. The van der Waals surface area contributed by atoms with Gasteiger partial charge in [-0.25, -0.2) is 4.98 Å². The number of benzene rings is 1. The molecule has 1 unspecified atom stereocenters. The third-order valence-corrected chi connectivity index (χ3v) is 4.59. The van der Waals surface area contributed by atoms with Crippen LogP contribution in [0.4, 0.5) is 0 Å². The Balaban J connectivity index is 1.76. The van der Waals surface area contributed by atoms with Crippen molar-refractivity contribution in [1.82, 2.24) is 4.98 Å². The predicted octanol–water partition coefficient (Wildman–Crippen LogP) is 2.59. The summed E-state index contributed by atoms with van der Waals surface area (Å²) in [4.78, 5) is 5.97. The smallest absolute Gasteiger partial charge is 0.118 e. The van der Waals surface area contributed by atoms with E-state index in [1.165, 1.54) is 16.1 Å². The minimum Gasteiger partial charge on any atom is -0.497 e. The Morgan fingerprint density at radius 1 is 1.37 bits per heavy atom. The van der Waals surface area contributed by atoms with E-state index in [-0.39, 0.29) is 6.10 Å². The van der Waals surface area contributed by atoms with E-state index in [0.29, 0.717) is 0 Å². The Kier molecular flexibility index (Phi) is 3.53. The van der Waals surface area contributed by atoms with E-state index in [0.717, 1.165) is 36.4 Å². The highest BCUT2D eigenvalue weighted by Crippen LogP contribution is 2.28. The molecule has 0 saturated carbocycles. The molecular weight excluding hydrogens is 258 g/mol. The average molecular weight is 275 g/mol. The summed E-state index contributed by atoms with van der Waals surface area (Å²) in [6.07, 6.45) is 3.21. The van der Waals surface area contributed by atoms with Gasteiger partial charge in [0, 0.05) is 17.7 Å². The number of nitrogens with zero attached hydrogens (tertiary/aromatic N) is 1. The molecule has 0 bridgehead atoms.